The SMILES string of the molecule is COc1ccc2c(c1)CCC1CN(CCC3CCC(NC(=O)c4cnc5ccccc5n4)CC3)CCN21. The summed E-state index contributed by atoms with van der Waals surface area (Å²) in [6.45, 7) is 4.61. The van der Waals surface area contributed by atoms with Crippen molar-refractivity contribution in [2.75, 3.05) is 38.2 Å². The zero-order chi connectivity index (χ0) is 25.2. The van der Waals surface area contributed by atoms with E-state index in [2.05, 4.69) is 43.3 Å². The van der Waals surface area contributed by atoms with Crippen LogP contribution < -0.4 is 15.0 Å². The van der Waals surface area contributed by atoms with Gasteiger partial charge in [0.15, 0.2) is 0 Å². The molecule has 1 saturated heterocycles. The van der Waals surface area contributed by atoms with Gasteiger partial charge >= 0.3 is 0 Å². The van der Waals surface area contributed by atoms with Gasteiger partial charge < -0.3 is 15.0 Å². The molecule has 3 aromatic rings. The van der Waals surface area contributed by atoms with Crippen LogP contribution in [0.2, 0.25) is 0 Å². The number of nitrogens with one attached hydrogen (secondary N) is 1. The molecule has 6 rings (SSSR count). The van der Waals surface area contributed by atoms with Gasteiger partial charge in [-0.15, -0.1) is 0 Å². The van der Waals surface area contributed by atoms with Gasteiger partial charge in [-0.3, -0.25) is 14.7 Å². The van der Waals surface area contributed by atoms with Crippen LogP contribution in [0.15, 0.2) is 48.7 Å². The van der Waals surface area contributed by atoms with E-state index in [0.29, 0.717) is 11.7 Å². The van der Waals surface area contributed by atoms with Gasteiger partial charge in [0.25, 0.3) is 5.91 Å². The monoisotopic (exact) mass is 499 g/mol. The Balaban J connectivity index is 0.950. The molecule has 1 atom stereocenters. The molecule has 2 aliphatic heterocycles. The lowest BCUT2D eigenvalue weighted by Crippen LogP contribution is -2.55. The first-order valence-corrected chi connectivity index (χ1v) is 13.8. The number of para-hydroxylation sites is 2. The average molecular weight is 500 g/mol. The van der Waals surface area contributed by atoms with Crippen LogP contribution in [-0.2, 0) is 6.42 Å². The molecule has 1 aromatic heterocycles. The Morgan fingerprint density at radius 3 is 2.73 bits per heavy atom. The molecule has 1 amide bonds. The molecule has 1 aliphatic carbocycles. The standard InChI is InChI=1S/C30H37N5O2/c1-37-25-12-13-29-22(18-25)8-11-24-20-34(16-17-35(24)29)15-14-21-6-9-23(10-7-21)32-30(36)28-19-31-26-4-2-3-5-27(26)33-28/h2-5,12-13,18-19,21,23-24H,6-11,14-17,20H2,1H3,(H,32,36). The first-order valence-electron chi connectivity index (χ1n) is 13.8. The highest BCUT2D eigenvalue weighted by molar-refractivity contribution is 5.93. The third kappa shape index (κ3) is 5.28. The van der Waals surface area contributed by atoms with E-state index in [4.69, 9.17) is 4.74 Å². The highest BCUT2D eigenvalue weighted by Crippen LogP contribution is 2.35. The van der Waals surface area contributed by atoms with Crippen molar-refractivity contribution in [2.45, 2.75) is 57.0 Å². The van der Waals surface area contributed by atoms with E-state index in [1.807, 2.05) is 24.3 Å². The maximum atomic E-state index is 12.8. The first-order chi connectivity index (χ1) is 18.2. The quantitative estimate of drug-likeness (QED) is 0.540. The number of hydrogen-bond donors (Lipinski definition) is 1. The summed E-state index contributed by atoms with van der Waals surface area (Å²) in [5.74, 6) is 1.62. The van der Waals surface area contributed by atoms with E-state index in [1.165, 1.54) is 50.0 Å². The molecule has 3 aliphatic rings. The second-order valence-corrected chi connectivity index (χ2v) is 10.9. The summed E-state index contributed by atoms with van der Waals surface area (Å²) >= 11 is 0. The van der Waals surface area contributed by atoms with Crippen LogP contribution in [0.3, 0.4) is 0 Å². The van der Waals surface area contributed by atoms with E-state index < -0.39 is 0 Å². The largest absolute Gasteiger partial charge is 0.497 e. The van der Waals surface area contributed by atoms with E-state index in [0.717, 1.165) is 55.1 Å². The summed E-state index contributed by atoms with van der Waals surface area (Å²) in [6.07, 6.45) is 9.69. The molecular weight excluding hydrogens is 462 g/mol. The van der Waals surface area contributed by atoms with Crippen molar-refractivity contribution < 1.29 is 9.53 Å². The Morgan fingerprint density at radius 2 is 1.89 bits per heavy atom. The molecule has 0 radical (unpaired) electrons. The summed E-state index contributed by atoms with van der Waals surface area (Å²) in [4.78, 5) is 27.0. The number of methoxy groups -OCH3 is 1. The summed E-state index contributed by atoms with van der Waals surface area (Å²) in [6, 6.07) is 15.1. The number of nitrogens with zero attached hydrogens (tertiary/aromatic N) is 4. The fraction of sp³-hybridized carbons (Fsp3) is 0.500. The van der Waals surface area contributed by atoms with Crippen molar-refractivity contribution in [3.63, 3.8) is 0 Å². The summed E-state index contributed by atoms with van der Waals surface area (Å²) in [5, 5.41) is 3.21. The zero-order valence-electron chi connectivity index (χ0n) is 21.7. The highest BCUT2D eigenvalue weighted by atomic mass is 16.5. The van der Waals surface area contributed by atoms with Crippen molar-refractivity contribution in [1.82, 2.24) is 20.2 Å². The maximum absolute atomic E-state index is 12.8. The molecule has 194 valence electrons. The molecule has 2 aromatic carbocycles. The smallest absolute Gasteiger partial charge is 0.271 e. The van der Waals surface area contributed by atoms with Crippen LogP contribution >= 0.6 is 0 Å². The number of benzene rings is 2. The molecule has 7 nitrogen and oxygen atoms in total. The van der Waals surface area contributed by atoms with Gasteiger partial charge in [0, 0.05) is 37.4 Å². The molecule has 1 unspecified atom stereocenters. The van der Waals surface area contributed by atoms with Crippen LogP contribution in [0.5, 0.6) is 5.75 Å². The number of hydrogen-bond acceptors (Lipinski definition) is 6. The Bertz CT molecular complexity index is 1260. The van der Waals surface area contributed by atoms with Gasteiger partial charge in [0.05, 0.1) is 24.3 Å². The van der Waals surface area contributed by atoms with Crippen LogP contribution in [-0.4, -0.2) is 66.1 Å². The topological polar surface area (TPSA) is 70.6 Å². The van der Waals surface area contributed by atoms with Gasteiger partial charge in [0.1, 0.15) is 11.4 Å². The average Bonchev–Trinajstić information content (AvgIpc) is 2.96. The van der Waals surface area contributed by atoms with Gasteiger partial charge in [-0.05, 0) is 93.3 Å². The predicted octanol–water partition coefficient (Wildman–Crippen LogP) is 4.45. The van der Waals surface area contributed by atoms with Crippen molar-refractivity contribution in [2.24, 2.45) is 5.92 Å². The molecule has 1 N–H and O–H groups in total. The molecule has 1 saturated carbocycles. The van der Waals surface area contributed by atoms with Gasteiger partial charge in [-0.2, -0.15) is 0 Å². The van der Waals surface area contributed by atoms with E-state index >= 15 is 0 Å². The molecule has 0 bridgehead atoms. The number of aryl methyl sites for hydroxylation is 1. The Morgan fingerprint density at radius 1 is 1.05 bits per heavy atom. The Kier molecular flexibility index (Phi) is 6.96. The molecule has 37 heavy (non-hydrogen) atoms. The Labute approximate surface area is 219 Å². The zero-order valence-corrected chi connectivity index (χ0v) is 21.7. The number of ether oxygens (including phenoxy) is 1. The first kappa shape index (κ1) is 24.2. The molecule has 3 heterocycles. The number of aromatic nitrogens is 2. The minimum absolute atomic E-state index is 0.105. The third-order valence-electron chi connectivity index (χ3n) is 8.63. The lowest BCUT2D eigenvalue weighted by Gasteiger charge is -2.46. The summed E-state index contributed by atoms with van der Waals surface area (Å²) in [7, 11) is 1.75. The van der Waals surface area contributed by atoms with Crippen molar-refractivity contribution >= 4 is 22.6 Å². The number of fused-ring (bicyclic) bond motifs is 4. The molecular formula is C30H37N5O2. The van der Waals surface area contributed by atoms with E-state index in [1.54, 1.807) is 13.3 Å². The van der Waals surface area contributed by atoms with Crippen LogP contribution in [0.1, 0.15) is 54.6 Å². The fourth-order valence-corrected chi connectivity index (χ4v) is 6.46. The van der Waals surface area contributed by atoms with Gasteiger partial charge in [-0.1, -0.05) is 12.1 Å². The number of amides is 1. The van der Waals surface area contributed by atoms with Crippen molar-refractivity contribution in [3.8, 4) is 5.75 Å². The summed E-state index contributed by atoms with van der Waals surface area (Å²) < 4.78 is 5.43. The van der Waals surface area contributed by atoms with E-state index in [-0.39, 0.29) is 11.9 Å². The number of carbonyl (C=O) groups is 1. The van der Waals surface area contributed by atoms with Crippen LogP contribution in [0.4, 0.5) is 5.69 Å². The molecule has 7 heteroatoms. The van der Waals surface area contributed by atoms with Crippen LogP contribution in [0, 0.1) is 5.92 Å². The second-order valence-electron chi connectivity index (χ2n) is 10.9. The minimum atomic E-state index is -0.105. The van der Waals surface area contributed by atoms with Crippen molar-refractivity contribution in [3.05, 3.63) is 59.9 Å². The van der Waals surface area contributed by atoms with Crippen molar-refractivity contribution in [1.29, 1.82) is 0 Å². The van der Waals surface area contributed by atoms with Crippen LogP contribution in [0.25, 0.3) is 11.0 Å². The molecule has 0 spiro atoms. The predicted molar refractivity (Wildman–Crippen MR) is 146 cm³/mol. The summed E-state index contributed by atoms with van der Waals surface area (Å²) in [5.41, 5.74) is 4.82. The number of anilines is 1. The normalized spacial score (nSPS) is 23.8. The Hall–Kier alpha value is -3.19. The maximum Gasteiger partial charge on any atom is 0.271 e. The number of carbonyl (C=O) groups excluding carboxylic acids is 1. The van der Waals surface area contributed by atoms with Gasteiger partial charge in [-0.25, -0.2) is 4.98 Å². The molecule has 2 fully saturated rings. The third-order valence-corrected chi connectivity index (χ3v) is 8.63. The highest BCUT2D eigenvalue weighted by Gasteiger charge is 2.32. The number of rotatable bonds is 6. The fourth-order valence-electron chi connectivity index (χ4n) is 6.46. The number of piperazine rings is 1. The van der Waals surface area contributed by atoms with E-state index in [9.17, 15) is 4.79 Å². The minimum Gasteiger partial charge on any atom is -0.497 e. The second kappa shape index (κ2) is 10.7. The lowest BCUT2D eigenvalue weighted by atomic mass is 9.84. The lowest BCUT2D eigenvalue weighted by molar-refractivity contribution is 0.0914. The van der Waals surface area contributed by atoms with Gasteiger partial charge in [0.2, 0.25) is 0 Å².